The molecule has 3 aromatic carbocycles. The van der Waals surface area contributed by atoms with Crippen LogP contribution < -0.4 is 20.3 Å². The first-order chi connectivity index (χ1) is 16.4. The number of carbonyl (C=O) groups is 1. The van der Waals surface area contributed by atoms with Crippen molar-refractivity contribution in [2.45, 2.75) is 31.2 Å². The van der Waals surface area contributed by atoms with Crippen LogP contribution in [0, 0.1) is 13.8 Å². The Morgan fingerprint density at radius 1 is 1.03 bits per heavy atom. The highest BCUT2D eigenvalue weighted by Crippen LogP contribution is 2.35. The lowest BCUT2D eigenvalue weighted by Gasteiger charge is -2.19. The number of aryl methyl sites for hydroxylation is 2. The van der Waals surface area contributed by atoms with Gasteiger partial charge in [0.15, 0.2) is 16.7 Å². The van der Waals surface area contributed by atoms with Crippen LogP contribution in [0.4, 0.5) is 5.69 Å². The van der Waals surface area contributed by atoms with Crippen molar-refractivity contribution in [3.05, 3.63) is 82.1 Å². The fourth-order valence-corrected chi connectivity index (χ4v) is 4.89. The maximum atomic E-state index is 13.6. The Balaban J connectivity index is 1.51. The van der Waals surface area contributed by atoms with E-state index in [0.717, 1.165) is 16.8 Å². The number of amides is 1. The summed E-state index contributed by atoms with van der Waals surface area (Å²) in [5.74, 6) is 1.04. The van der Waals surface area contributed by atoms with Gasteiger partial charge in [-0.05, 0) is 56.2 Å². The molecule has 1 N–H and O–H groups in total. The van der Waals surface area contributed by atoms with E-state index in [1.807, 2.05) is 50.2 Å². The molecule has 0 aliphatic carbocycles. The van der Waals surface area contributed by atoms with Gasteiger partial charge in [0, 0.05) is 11.8 Å². The fraction of sp³-hybridized carbons (Fsp3) is 0.192. The van der Waals surface area contributed by atoms with Crippen LogP contribution in [0.3, 0.4) is 0 Å². The fourth-order valence-electron chi connectivity index (χ4n) is 3.98. The van der Waals surface area contributed by atoms with Crippen LogP contribution in [0.1, 0.15) is 18.1 Å². The highest BCUT2D eigenvalue weighted by Gasteiger charge is 2.22. The Morgan fingerprint density at radius 3 is 2.56 bits per heavy atom. The predicted octanol–water partition coefficient (Wildman–Crippen LogP) is 4.85. The zero-order chi connectivity index (χ0) is 23.8. The first-order valence-corrected chi connectivity index (χ1v) is 11.8. The van der Waals surface area contributed by atoms with E-state index in [1.165, 1.54) is 11.8 Å². The summed E-state index contributed by atoms with van der Waals surface area (Å²) in [6, 6.07) is 18.4. The number of nitrogens with zero attached hydrogens (tertiary/aromatic N) is 2. The highest BCUT2D eigenvalue weighted by molar-refractivity contribution is 8.00. The number of hydrogen-bond donors (Lipinski definition) is 1. The topological polar surface area (TPSA) is 82.5 Å². The maximum Gasteiger partial charge on any atom is 0.266 e. The van der Waals surface area contributed by atoms with Crippen molar-refractivity contribution >= 4 is 34.3 Å². The molecule has 1 aromatic heterocycles. The van der Waals surface area contributed by atoms with Crippen molar-refractivity contribution < 1.29 is 14.3 Å². The lowest BCUT2D eigenvalue weighted by atomic mass is 10.1. The lowest BCUT2D eigenvalue weighted by Crippen LogP contribution is -2.27. The standard InChI is InChI=1S/C26H23N3O4S/c1-15-7-6-8-16(2)23(15)29-25(31)19-9-4-5-10-20(19)28-26(29)34-17(3)24(30)27-18-11-12-21-22(13-18)33-14-32-21/h4-13,17H,14H2,1-3H3,(H,27,30). The van der Waals surface area contributed by atoms with E-state index in [2.05, 4.69) is 5.32 Å². The predicted molar refractivity (Wildman–Crippen MR) is 133 cm³/mol. The van der Waals surface area contributed by atoms with Crippen LogP contribution >= 0.6 is 11.8 Å². The lowest BCUT2D eigenvalue weighted by molar-refractivity contribution is -0.115. The molecule has 34 heavy (non-hydrogen) atoms. The molecule has 2 heterocycles. The van der Waals surface area contributed by atoms with Crippen LogP contribution in [0.15, 0.2) is 70.6 Å². The number of nitrogens with one attached hydrogen (secondary N) is 1. The Kier molecular flexibility index (Phi) is 5.75. The van der Waals surface area contributed by atoms with Crippen molar-refractivity contribution in [3.63, 3.8) is 0 Å². The summed E-state index contributed by atoms with van der Waals surface area (Å²) in [6.45, 7) is 5.90. The molecule has 0 saturated heterocycles. The van der Waals surface area contributed by atoms with E-state index in [4.69, 9.17) is 14.5 Å². The first kappa shape index (κ1) is 22.0. The normalized spacial score (nSPS) is 13.1. The summed E-state index contributed by atoms with van der Waals surface area (Å²) in [5.41, 5.74) is 3.75. The third kappa shape index (κ3) is 4.01. The summed E-state index contributed by atoms with van der Waals surface area (Å²) >= 11 is 1.25. The summed E-state index contributed by atoms with van der Waals surface area (Å²) in [4.78, 5) is 31.4. The van der Waals surface area contributed by atoms with Crippen LogP contribution in [0.2, 0.25) is 0 Å². The molecule has 0 bridgehead atoms. The summed E-state index contributed by atoms with van der Waals surface area (Å²) in [5, 5.41) is 3.40. The smallest absolute Gasteiger partial charge is 0.266 e. The summed E-state index contributed by atoms with van der Waals surface area (Å²) in [7, 11) is 0. The molecule has 5 rings (SSSR count). The van der Waals surface area contributed by atoms with Gasteiger partial charge >= 0.3 is 0 Å². The molecule has 0 spiro atoms. The van der Waals surface area contributed by atoms with E-state index in [-0.39, 0.29) is 18.3 Å². The van der Waals surface area contributed by atoms with Crippen LogP contribution in [-0.2, 0) is 4.79 Å². The Morgan fingerprint density at radius 2 is 1.76 bits per heavy atom. The van der Waals surface area contributed by atoms with E-state index in [0.29, 0.717) is 33.2 Å². The van der Waals surface area contributed by atoms with Gasteiger partial charge in [-0.25, -0.2) is 4.98 Å². The molecule has 0 fully saturated rings. The molecule has 8 heteroatoms. The van der Waals surface area contributed by atoms with Gasteiger partial charge in [0.05, 0.1) is 21.8 Å². The minimum absolute atomic E-state index is 0.158. The zero-order valence-corrected chi connectivity index (χ0v) is 19.8. The monoisotopic (exact) mass is 473 g/mol. The third-order valence-corrected chi connectivity index (χ3v) is 6.75. The van der Waals surface area contributed by atoms with E-state index < -0.39 is 5.25 Å². The Bertz CT molecular complexity index is 1460. The zero-order valence-electron chi connectivity index (χ0n) is 19.0. The number of hydrogen-bond acceptors (Lipinski definition) is 6. The quantitative estimate of drug-likeness (QED) is 0.330. The van der Waals surface area contributed by atoms with Crippen LogP contribution in [-0.4, -0.2) is 27.5 Å². The van der Waals surface area contributed by atoms with Crippen LogP contribution in [0.25, 0.3) is 16.6 Å². The maximum absolute atomic E-state index is 13.6. The number of benzene rings is 3. The molecule has 0 saturated carbocycles. The number of fused-ring (bicyclic) bond motifs is 2. The molecular formula is C26H23N3O4S. The van der Waals surface area contributed by atoms with Gasteiger partial charge < -0.3 is 14.8 Å². The van der Waals surface area contributed by atoms with Gasteiger partial charge in [0.2, 0.25) is 12.7 Å². The number of ether oxygens (including phenoxy) is 2. The molecule has 4 aromatic rings. The minimum Gasteiger partial charge on any atom is -0.454 e. The summed E-state index contributed by atoms with van der Waals surface area (Å²) in [6.07, 6.45) is 0. The largest absolute Gasteiger partial charge is 0.454 e. The van der Waals surface area contributed by atoms with Crippen LogP contribution in [0.5, 0.6) is 11.5 Å². The van der Waals surface area contributed by atoms with E-state index >= 15 is 0 Å². The molecule has 0 radical (unpaired) electrons. The van der Waals surface area contributed by atoms with Crippen molar-refractivity contribution in [1.82, 2.24) is 9.55 Å². The molecule has 1 atom stereocenters. The SMILES string of the molecule is Cc1cccc(C)c1-n1c(SC(C)C(=O)Nc2ccc3c(c2)OCO3)nc2ccccc2c1=O. The average molecular weight is 474 g/mol. The first-order valence-electron chi connectivity index (χ1n) is 10.9. The number of thioether (sulfide) groups is 1. The number of anilines is 1. The van der Waals surface area contributed by atoms with Gasteiger partial charge in [0.1, 0.15) is 0 Å². The van der Waals surface area contributed by atoms with Crippen molar-refractivity contribution in [2.75, 3.05) is 12.1 Å². The highest BCUT2D eigenvalue weighted by atomic mass is 32.2. The molecular weight excluding hydrogens is 450 g/mol. The Labute approximate surface area is 200 Å². The number of aromatic nitrogens is 2. The minimum atomic E-state index is -0.519. The second-order valence-corrected chi connectivity index (χ2v) is 9.42. The second kappa shape index (κ2) is 8.87. The third-order valence-electron chi connectivity index (χ3n) is 5.70. The number of rotatable bonds is 5. The van der Waals surface area contributed by atoms with E-state index in [9.17, 15) is 9.59 Å². The van der Waals surface area contributed by atoms with Gasteiger partial charge in [-0.15, -0.1) is 0 Å². The molecule has 1 unspecified atom stereocenters. The molecule has 7 nitrogen and oxygen atoms in total. The average Bonchev–Trinajstić information content (AvgIpc) is 3.28. The van der Waals surface area contributed by atoms with Crippen molar-refractivity contribution in [1.29, 1.82) is 0 Å². The van der Waals surface area contributed by atoms with E-state index in [1.54, 1.807) is 35.8 Å². The van der Waals surface area contributed by atoms with Gasteiger partial charge in [0.25, 0.3) is 5.56 Å². The number of carbonyl (C=O) groups excluding carboxylic acids is 1. The Hall–Kier alpha value is -3.78. The molecule has 1 amide bonds. The van der Waals surface area contributed by atoms with Crippen molar-refractivity contribution in [3.8, 4) is 17.2 Å². The molecule has 172 valence electrons. The van der Waals surface area contributed by atoms with Gasteiger partial charge in [-0.1, -0.05) is 42.1 Å². The second-order valence-electron chi connectivity index (χ2n) is 8.11. The van der Waals surface area contributed by atoms with Crippen molar-refractivity contribution in [2.24, 2.45) is 0 Å². The summed E-state index contributed by atoms with van der Waals surface area (Å²) < 4.78 is 12.3. The van der Waals surface area contributed by atoms with Gasteiger partial charge in [-0.2, -0.15) is 0 Å². The molecule has 1 aliphatic rings. The number of para-hydroxylation sites is 2. The molecule has 1 aliphatic heterocycles. The van der Waals surface area contributed by atoms with Gasteiger partial charge in [-0.3, -0.25) is 14.2 Å².